The molecule has 0 spiro atoms. The van der Waals surface area contributed by atoms with Crippen LogP contribution in [0.25, 0.3) is 5.65 Å². The van der Waals surface area contributed by atoms with Crippen molar-refractivity contribution in [2.75, 3.05) is 13.1 Å². The monoisotopic (exact) mass is 285 g/mol. The molecule has 3 atom stereocenters. The van der Waals surface area contributed by atoms with Crippen LogP contribution in [0.2, 0.25) is 0 Å². The van der Waals surface area contributed by atoms with Gasteiger partial charge in [-0.2, -0.15) is 5.10 Å². The second-order valence-electron chi connectivity index (χ2n) is 6.81. The van der Waals surface area contributed by atoms with Gasteiger partial charge in [-0.1, -0.05) is 0 Å². The number of likely N-dealkylation sites (tertiary alicyclic amines) is 1. The van der Waals surface area contributed by atoms with Crippen LogP contribution in [0.15, 0.2) is 12.3 Å². The van der Waals surface area contributed by atoms with E-state index in [2.05, 4.69) is 28.0 Å². The van der Waals surface area contributed by atoms with Crippen LogP contribution in [0.4, 0.5) is 0 Å². The van der Waals surface area contributed by atoms with Gasteiger partial charge in [0.1, 0.15) is 0 Å². The first kappa shape index (κ1) is 13.2. The molecule has 3 heterocycles. The first-order valence-electron chi connectivity index (χ1n) is 7.90. The molecule has 112 valence electrons. The molecule has 0 amide bonds. The number of piperidine rings is 1. The zero-order chi connectivity index (χ0) is 14.6. The van der Waals surface area contributed by atoms with Crippen molar-refractivity contribution in [3.05, 3.63) is 29.2 Å². The maximum Gasteiger partial charge on any atom is 0.159 e. The molecule has 0 radical (unpaired) electrons. The van der Waals surface area contributed by atoms with E-state index in [9.17, 15) is 0 Å². The first-order chi connectivity index (χ1) is 10.1. The molecule has 1 saturated carbocycles. The van der Waals surface area contributed by atoms with Gasteiger partial charge in [-0.25, -0.2) is 9.50 Å². The van der Waals surface area contributed by atoms with Gasteiger partial charge in [-0.05, 0) is 44.6 Å². The van der Waals surface area contributed by atoms with Crippen molar-refractivity contribution in [1.29, 1.82) is 0 Å². The Morgan fingerprint density at radius 3 is 2.67 bits per heavy atom. The van der Waals surface area contributed by atoms with Gasteiger partial charge in [0, 0.05) is 42.6 Å². The normalized spacial score (nSPS) is 29.4. The Labute approximate surface area is 125 Å². The van der Waals surface area contributed by atoms with E-state index in [4.69, 9.17) is 5.73 Å². The molecular weight excluding hydrogens is 262 g/mol. The molecule has 1 aliphatic carbocycles. The topological polar surface area (TPSA) is 59.5 Å². The fraction of sp³-hybridized carbons (Fsp3) is 0.625. The standard InChI is InChI=1S/C16H23N5/c1-10-5-11(2)21-16(19-10)14(6-18-21)9-20-7-12-3-4-13(8-20)15(12)17/h5-6,12-13,15H,3-4,7-9,17H2,1-2H3/t12-,13+,15?. The van der Waals surface area contributed by atoms with E-state index >= 15 is 0 Å². The molecule has 1 saturated heterocycles. The van der Waals surface area contributed by atoms with Gasteiger partial charge in [0.25, 0.3) is 0 Å². The molecule has 0 aromatic carbocycles. The van der Waals surface area contributed by atoms with Crippen LogP contribution in [0.3, 0.4) is 0 Å². The number of nitrogens with two attached hydrogens (primary N) is 1. The molecule has 2 aromatic heterocycles. The molecule has 4 rings (SSSR count). The van der Waals surface area contributed by atoms with E-state index < -0.39 is 0 Å². The summed E-state index contributed by atoms with van der Waals surface area (Å²) in [4.78, 5) is 7.22. The largest absolute Gasteiger partial charge is 0.327 e. The van der Waals surface area contributed by atoms with Crippen molar-refractivity contribution in [3.63, 3.8) is 0 Å². The van der Waals surface area contributed by atoms with Crippen LogP contribution in [0, 0.1) is 25.7 Å². The molecule has 1 unspecified atom stereocenters. The molecular formula is C16H23N5. The second kappa shape index (κ2) is 4.78. The lowest BCUT2D eigenvalue weighted by molar-refractivity contribution is 0.141. The Morgan fingerprint density at radius 1 is 1.24 bits per heavy atom. The van der Waals surface area contributed by atoms with E-state index in [0.717, 1.165) is 36.7 Å². The van der Waals surface area contributed by atoms with Crippen molar-refractivity contribution in [1.82, 2.24) is 19.5 Å². The van der Waals surface area contributed by atoms with Gasteiger partial charge in [0.15, 0.2) is 5.65 Å². The quantitative estimate of drug-likeness (QED) is 0.909. The summed E-state index contributed by atoms with van der Waals surface area (Å²) in [7, 11) is 0. The molecule has 2 fully saturated rings. The van der Waals surface area contributed by atoms with Crippen molar-refractivity contribution >= 4 is 5.65 Å². The Morgan fingerprint density at radius 2 is 1.95 bits per heavy atom. The minimum absolute atomic E-state index is 0.424. The minimum Gasteiger partial charge on any atom is -0.327 e. The average Bonchev–Trinajstić information content (AvgIpc) is 2.89. The highest BCUT2D eigenvalue weighted by Crippen LogP contribution is 2.36. The SMILES string of the molecule is Cc1cc(C)n2ncc(CN3C[C@H]4CC[C@@H](C3)C4N)c2n1. The summed E-state index contributed by atoms with van der Waals surface area (Å²) in [6, 6.07) is 2.50. The number of rotatable bonds is 2. The zero-order valence-corrected chi connectivity index (χ0v) is 12.8. The molecule has 5 nitrogen and oxygen atoms in total. The number of nitrogens with zero attached hydrogens (tertiary/aromatic N) is 4. The van der Waals surface area contributed by atoms with Gasteiger partial charge in [-0.15, -0.1) is 0 Å². The van der Waals surface area contributed by atoms with Crippen molar-refractivity contribution in [3.8, 4) is 0 Å². The summed E-state index contributed by atoms with van der Waals surface area (Å²) in [6.07, 6.45) is 4.58. The molecule has 5 heteroatoms. The van der Waals surface area contributed by atoms with Gasteiger partial charge >= 0.3 is 0 Å². The van der Waals surface area contributed by atoms with Crippen LogP contribution in [-0.2, 0) is 6.54 Å². The van der Waals surface area contributed by atoms with E-state index in [1.807, 2.05) is 17.6 Å². The molecule has 2 bridgehead atoms. The third kappa shape index (κ3) is 2.15. The van der Waals surface area contributed by atoms with E-state index in [1.165, 1.54) is 18.4 Å². The lowest BCUT2D eigenvalue weighted by atomic mass is 9.93. The van der Waals surface area contributed by atoms with Gasteiger partial charge in [0.05, 0.1) is 6.20 Å². The Hall–Kier alpha value is -1.46. The second-order valence-corrected chi connectivity index (χ2v) is 6.81. The maximum absolute atomic E-state index is 6.29. The summed E-state index contributed by atoms with van der Waals surface area (Å²) in [6.45, 7) is 7.32. The Kier molecular flexibility index (Phi) is 3.01. The highest BCUT2D eigenvalue weighted by atomic mass is 15.3. The predicted molar refractivity (Wildman–Crippen MR) is 81.9 cm³/mol. The Bertz CT molecular complexity index is 663. The highest BCUT2D eigenvalue weighted by Gasteiger charge is 2.39. The third-order valence-corrected chi connectivity index (χ3v) is 5.23. The number of aromatic nitrogens is 3. The van der Waals surface area contributed by atoms with Gasteiger partial charge in [-0.3, -0.25) is 4.90 Å². The van der Waals surface area contributed by atoms with Gasteiger partial charge in [0.2, 0.25) is 0 Å². The third-order valence-electron chi connectivity index (χ3n) is 5.23. The fourth-order valence-electron chi connectivity index (χ4n) is 4.16. The summed E-state index contributed by atoms with van der Waals surface area (Å²) >= 11 is 0. The van der Waals surface area contributed by atoms with Crippen molar-refractivity contribution in [2.45, 2.75) is 39.3 Å². The summed E-state index contributed by atoms with van der Waals surface area (Å²) in [5.74, 6) is 1.36. The lowest BCUT2D eigenvalue weighted by Gasteiger charge is -2.35. The zero-order valence-electron chi connectivity index (χ0n) is 12.8. The van der Waals surface area contributed by atoms with Crippen molar-refractivity contribution < 1.29 is 0 Å². The summed E-state index contributed by atoms with van der Waals surface area (Å²) in [5.41, 5.74) is 10.7. The molecule has 21 heavy (non-hydrogen) atoms. The molecule has 2 aromatic rings. The average molecular weight is 285 g/mol. The van der Waals surface area contributed by atoms with Crippen LogP contribution >= 0.6 is 0 Å². The number of hydrogen-bond acceptors (Lipinski definition) is 4. The van der Waals surface area contributed by atoms with E-state index in [1.54, 1.807) is 0 Å². The summed E-state index contributed by atoms with van der Waals surface area (Å²) < 4.78 is 1.95. The predicted octanol–water partition coefficient (Wildman–Crippen LogP) is 1.52. The number of aryl methyl sites for hydroxylation is 2. The van der Waals surface area contributed by atoms with E-state index in [-0.39, 0.29) is 0 Å². The van der Waals surface area contributed by atoms with Crippen molar-refractivity contribution in [2.24, 2.45) is 17.6 Å². The fourth-order valence-corrected chi connectivity index (χ4v) is 4.16. The minimum atomic E-state index is 0.424. The molecule has 1 aliphatic heterocycles. The molecule has 2 aliphatic rings. The summed E-state index contributed by atoms with van der Waals surface area (Å²) in [5, 5.41) is 4.50. The lowest BCUT2D eigenvalue weighted by Crippen LogP contribution is -2.48. The number of fused-ring (bicyclic) bond motifs is 3. The van der Waals surface area contributed by atoms with Crippen LogP contribution in [0.1, 0.15) is 29.8 Å². The van der Waals surface area contributed by atoms with Crippen LogP contribution in [-0.4, -0.2) is 38.6 Å². The number of hydrogen-bond donors (Lipinski definition) is 1. The van der Waals surface area contributed by atoms with Gasteiger partial charge < -0.3 is 5.73 Å². The van der Waals surface area contributed by atoms with Crippen LogP contribution in [0.5, 0.6) is 0 Å². The Balaban J connectivity index is 1.61. The highest BCUT2D eigenvalue weighted by molar-refractivity contribution is 5.47. The maximum atomic E-state index is 6.29. The first-order valence-corrected chi connectivity index (χ1v) is 7.90. The van der Waals surface area contributed by atoms with Crippen LogP contribution < -0.4 is 5.73 Å². The molecule has 2 N–H and O–H groups in total. The smallest absolute Gasteiger partial charge is 0.159 e. The van der Waals surface area contributed by atoms with E-state index in [0.29, 0.717) is 17.9 Å².